The number of nitrogens with zero attached hydrogens (tertiary/aromatic N) is 6. The maximum atomic E-state index is 6.17. The molecular formula is C26H29N7O. The van der Waals surface area contributed by atoms with Crippen LogP contribution in [0.25, 0.3) is 38.8 Å². The summed E-state index contributed by atoms with van der Waals surface area (Å²) in [6.07, 6.45) is 11.4. The molecule has 1 aliphatic heterocycles. The molecule has 174 valence electrons. The molecule has 0 radical (unpaired) electrons. The van der Waals surface area contributed by atoms with Crippen molar-refractivity contribution in [2.24, 2.45) is 4.99 Å². The van der Waals surface area contributed by atoms with Gasteiger partial charge in [0.05, 0.1) is 28.3 Å². The fraction of sp³-hybridized carbons (Fsp3) is 0.346. The van der Waals surface area contributed by atoms with Gasteiger partial charge in [0, 0.05) is 43.2 Å². The Morgan fingerprint density at radius 1 is 1.21 bits per heavy atom. The summed E-state index contributed by atoms with van der Waals surface area (Å²) in [5, 5.41) is 0.962. The number of ether oxygens (including phenoxy) is 1. The zero-order valence-corrected chi connectivity index (χ0v) is 19.8. The van der Waals surface area contributed by atoms with Crippen LogP contribution in [0, 0.1) is 0 Å². The molecule has 3 aromatic heterocycles. The van der Waals surface area contributed by atoms with Crippen molar-refractivity contribution in [1.82, 2.24) is 29.8 Å². The normalized spacial score (nSPS) is 16.1. The Kier molecular flexibility index (Phi) is 6.31. The number of rotatable bonds is 6. The molecule has 1 saturated heterocycles. The monoisotopic (exact) mass is 455 g/mol. The van der Waals surface area contributed by atoms with E-state index in [0.717, 1.165) is 76.9 Å². The molecule has 1 aromatic carbocycles. The quantitative estimate of drug-likeness (QED) is 0.429. The highest BCUT2D eigenvalue weighted by Gasteiger charge is 2.19. The van der Waals surface area contributed by atoms with Crippen LogP contribution in [0.4, 0.5) is 0 Å². The van der Waals surface area contributed by atoms with E-state index in [9.17, 15) is 0 Å². The van der Waals surface area contributed by atoms with Crippen LogP contribution in [0.5, 0.6) is 5.88 Å². The van der Waals surface area contributed by atoms with Crippen LogP contribution >= 0.6 is 0 Å². The molecular weight excluding hydrogens is 426 g/mol. The number of piperidine rings is 1. The standard InChI is InChI=1S/C26H29N7O/c1-4-17(13-27-5-2)25-24-20(14-29-26(24)31-16-30-25)18-6-7-21-22(12-18)32-23(15-28-21)34-19-8-10-33(3)11-9-19/h4,6-7,12-16,19H,5,8-11H2,1-3H3,(H,29,30,31)/b17-4+,27-13?. The van der Waals surface area contributed by atoms with Crippen LogP contribution < -0.4 is 4.74 Å². The van der Waals surface area contributed by atoms with E-state index >= 15 is 0 Å². The van der Waals surface area contributed by atoms with Gasteiger partial charge in [-0.05, 0) is 51.4 Å². The number of aromatic nitrogens is 5. The molecule has 0 spiro atoms. The van der Waals surface area contributed by atoms with E-state index in [4.69, 9.17) is 9.72 Å². The maximum absolute atomic E-state index is 6.17. The zero-order chi connectivity index (χ0) is 23.5. The van der Waals surface area contributed by atoms with Crippen LogP contribution in [-0.2, 0) is 0 Å². The molecule has 0 atom stereocenters. The fourth-order valence-corrected chi connectivity index (χ4v) is 4.36. The van der Waals surface area contributed by atoms with Crippen LogP contribution in [-0.4, -0.2) is 68.8 Å². The van der Waals surface area contributed by atoms with Gasteiger partial charge in [-0.1, -0.05) is 12.1 Å². The number of aliphatic imine (C=N–C) groups is 1. The van der Waals surface area contributed by atoms with Crippen molar-refractivity contribution in [3.63, 3.8) is 0 Å². The van der Waals surface area contributed by atoms with Gasteiger partial charge in [0.25, 0.3) is 0 Å². The van der Waals surface area contributed by atoms with E-state index < -0.39 is 0 Å². The van der Waals surface area contributed by atoms with E-state index in [1.54, 1.807) is 12.5 Å². The van der Waals surface area contributed by atoms with Gasteiger partial charge in [-0.3, -0.25) is 4.99 Å². The Labute approximate surface area is 198 Å². The zero-order valence-electron chi connectivity index (χ0n) is 19.8. The van der Waals surface area contributed by atoms with E-state index in [2.05, 4.69) is 49.0 Å². The predicted octanol–water partition coefficient (Wildman–Crippen LogP) is 4.54. The molecule has 0 saturated carbocycles. The van der Waals surface area contributed by atoms with E-state index in [1.165, 1.54) is 0 Å². The van der Waals surface area contributed by atoms with Crippen molar-refractivity contribution in [1.29, 1.82) is 0 Å². The number of aromatic amines is 1. The summed E-state index contributed by atoms with van der Waals surface area (Å²) in [6.45, 7) is 6.81. The Morgan fingerprint density at radius 2 is 2.06 bits per heavy atom. The van der Waals surface area contributed by atoms with Crippen LogP contribution in [0.3, 0.4) is 0 Å². The minimum atomic E-state index is 0.184. The minimum Gasteiger partial charge on any atom is -0.473 e. The van der Waals surface area contributed by atoms with Crippen molar-refractivity contribution in [3.8, 4) is 17.0 Å². The van der Waals surface area contributed by atoms with Gasteiger partial charge < -0.3 is 14.6 Å². The number of benzene rings is 1. The summed E-state index contributed by atoms with van der Waals surface area (Å²) in [6, 6.07) is 6.11. The highest BCUT2D eigenvalue weighted by Crippen LogP contribution is 2.33. The molecule has 34 heavy (non-hydrogen) atoms. The second kappa shape index (κ2) is 9.69. The summed E-state index contributed by atoms with van der Waals surface area (Å²) in [4.78, 5) is 28.4. The van der Waals surface area contributed by atoms with Crippen molar-refractivity contribution < 1.29 is 4.74 Å². The largest absolute Gasteiger partial charge is 0.473 e. The summed E-state index contributed by atoms with van der Waals surface area (Å²) < 4.78 is 6.17. The minimum absolute atomic E-state index is 0.184. The summed E-state index contributed by atoms with van der Waals surface area (Å²) in [5.41, 5.74) is 6.27. The van der Waals surface area contributed by atoms with Crippen molar-refractivity contribution in [2.75, 3.05) is 26.7 Å². The molecule has 4 aromatic rings. The average molecular weight is 456 g/mol. The van der Waals surface area contributed by atoms with Crippen molar-refractivity contribution >= 4 is 33.9 Å². The molecule has 0 bridgehead atoms. The van der Waals surface area contributed by atoms with Crippen LogP contribution in [0.2, 0.25) is 0 Å². The molecule has 1 N–H and O–H groups in total. The van der Waals surface area contributed by atoms with Gasteiger partial charge in [-0.15, -0.1) is 0 Å². The molecule has 0 unspecified atom stereocenters. The number of allylic oxidation sites excluding steroid dienone is 2. The fourth-order valence-electron chi connectivity index (χ4n) is 4.36. The molecule has 4 heterocycles. The lowest BCUT2D eigenvalue weighted by molar-refractivity contribution is 0.110. The lowest BCUT2D eigenvalue weighted by atomic mass is 10.0. The third-order valence-corrected chi connectivity index (χ3v) is 6.25. The first-order valence-electron chi connectivity index (χ1n) is 11.8. The Morgan fingerprint density at radius 3 is 2.85 bits per heavy atom. The third kappa shape index (κ3) is 4.41. The lowest BCUT2D eigenvalue weighted by Gasteiger charge is -2.28. The SMILES string of the molecule is C/C=C(\C=NCC)c1ncnc2[nH]cc(-c3ccc4ncc(OC5CCN(C)CC5)nc4c3)c12. The van der Waals surface area contributed by atoms with Crippen LogP contribution in [0.1, 0.15) is 32.4 Å². The molecule has 0 aliphatic carbocycles. The molecule has 1 aliphatic rings. The Balaban J connectivity index is 1.52. The van der Waals surface area contributed by atoms with Crippen LogP contribution in [0.15, 0.2) is 48.0 Å². The number of nitrogens with one attached hydrogen (secondary N) is 1. The first kappa shape index (κ1) is 22.2. The number of hydrogen-bond acceptors (Lipinski definition) is 7. The first-order chi connectivity index (χ1) is 16.7. The van der Waals surface area contributed by atoms with E-state index in [-0.39, 0.29) is 6.10 Å². The molecule has 1 fully saturated rings. The van der Waals surface area contributed by atoms with Crippen molar-refractivity contribution in [2.45, 2.75) is 32.8 Å². The molecule has 8 nitrogen and oxygen atoms in total. The van der Waals surface area contributed by atoms with Gasteiger partial charge in [-0.25, -0.2) is 19.9 Å². The molecule has 0 amide bonds. The molecule has 8 heteroatoms. The highest BCUT2D eigenvalue weighted by molar-refractivity contribution is 6.15. The topological polar surface area (TPSA) is 92.2 Å². The molecule has 5 rings (SSSR count). The second-order valence-corrected chi connectivity index (χ2v) is 8.55. The number of likely N-dealkylation sites (tertiary alicyclic amines) is 1. The first-order valence-corrected chi connectivity index (χ1v) is 11.8. The number of fused-ring (bicyclic) bond motifs is 2. The Bertz CT molecular complexity index is 1370. The number of H-pyrrole nitrogens is 1. The Hall–Kier alpha value is -3.65. The van der Waals surface area contributed by atoms with Crippen molar-refractivity contribution in [3.05, 3.63) is 48.7 Å². The average Bonchev–Trinajstić information content (AvgIpc) is 3.30. The van der Waals surface area contributed by atoms with E-state index in [1.807, 2.05) is 38.4 Å². The van der Waals surface area contributed by atoms with Gasteiger partial charge in [0.15, 0.2) is 0 Å². The summed E-state index contributed by atoms with van der Waals surface area (Å²) >= 11 is 0. The van der Waals surface area contributed by atoms with Gasteiger partial charge in [-0.2, -0.15) is 0 Å². The van der Waals surface area contributed by atoms with Gasteiger partial charge in [0.2, 0.25) is 5.88 Å². The van der Waals surface area contributed by atoms with Gasteiger partial charge in [0.1, 0.15) is 18.1 Å². The number of hydrogen-bond donors (Lipinski definition) is 1. The predicted molar refractivity (Wildman–Crippen MR) is 136 cm³/mol. The maximum Gasteiger partial charge on any atom is 0.233 e. The van der Waals surface area contributed by atoms with E-state index in [0.29, 0.717) is 5.88 Å². The van der Waals surface area contributed by atoms with Gasteiger partial charge >= 0.3 is 0 Å². The summed E-state index contributed by atoms with van der Waals surface area (Å²) in [5.74, 6) is 0.578. The lowest BCUT2D eigenvalue weighted by Crippen LogP contribution is -2.35. The highest BCUT2D eigenvalue weighted by atomic mass is 16.5. The summed E-state index contributed by atoms with van der Waals surface area (Å²) in [7, 11) is 2.14. The smallest absolute Gasteiger partial charge is 0.233 e. The third-order valence-electron chi connectivity index (χ3n) is 6.25. The second-order valence-electron chi connectivity index (χ2n) is 8.55.